The van der Waals surface area contributed by atoms with E-state index in [1.807, 2.05) is 30.5 Å². The van der Waals surface area contributed by atoms with Gasteiger partial charge in [-0.2, -0.15) is 0 Å². The number of nitrogens with zero attached hydrogens (tertiary/aromatic N) is 2. The number of rotatable bonds is 3. The normalized spacial score (nSPS) is 10.7. The molecular formula is C21H15BrN2. The van der Waals surface area contributed by atoms with Crippen LogP contribution >= 0.6 is 15.9 Å². The minimum absolute atomic E-state index is 0.941. The van der Waals surface area contributed by atoms with Gasteiger partial charge in [0.05, 0.1) is 11.9 Å². The lowest BCUT2D eigenvalue weighted by Crippen LogP contribution is -1.99. The molecular weight excluding hydrogens is 360 g/mol. The quantitative estimate of drug-likeness (QED) is 0.431. The lowest BCUT2D eigenvalue weighted by molar-refractivity contribution is 1.07. The van der Waals surface area contributed by atoms with E-state index < -0.39 is 0 Å². The number of hydrogen-bond acceptors (Lipinski definition) is 1. The van der Waals surface area contributed by atoms with Gasteiger partial charge in [0.1, 0.15) is 5.82 Å². The van der Waals surface area contributed by atoms with Crippen molar-refractivity contribution in [1.82, 2.24) is 9.55 Å². The van der Waals surface area contributed by atoms with E-state index in [2.05, 4.69) is 81.2 Å². The molecule has 0 spiro atoms. The predicted octanol–water partition coefficient (Wildman–Crippen LogP) is 5.97. The highest BCUT2D eigenvalue weighted by Crippen LogP contribution is 2.30. The van der Waals surface area contributed by atoms with E-state index in [4.69, 9.17) is 4.98 Å². The largest absolute Gasteiger partial charge is 0.292 e. The molecule has 1 aromatic heterocycles. The summed E-state index contributed by atoms with van der Waals surface area (Å²) in [4.78, 5) is 4.71. The summed E-state index contributed by atoms with van der Waals surface area (Å²) >= 11 is 3.51. The van der Waals surface area contributed by atoms with Gasteiger partial charge in [0, 0.05) is 21.3 Å². The molecule has 116 valence electrons. The number of imidazole rings is 1. The molecule has 0 atom stereocenters. The zero-order chi connectivity index (χ0) is 16.4. The lowest BCUT2D eigenvalue weighted by atomic mass is 10.1. The van der Waals surface area contributed by atoms with Crippen molar-refractivity contribution in [3.05, 3.63) is 95.6 Å². The van der Waals surface area contributed by atoms with Crippen LogP contribution in [0.4, 0.5) is 0 Å². The van der Waals surface area contributed by atoms with E-state index >= 15 is 0 Å². The second-order valence-electron chi connectivity index (χ2n) is 5.51. The van der Waals surface area contributed by atoms with Crippen LogP contribution < -0.4 is 0 Å². The Morgan fingerprint density at radius 2 is 1.25 bits per heavy atom. The molecule has 0 radical (unpaired) electrons. The molecule has 0 N–H and O–H groups in total. The highest BCUT2D eigenvalue weighted by atomic mass is 79.9. The molecule has 4 rings (SSSR count). The van der Waals surface area contributed by atoms with Crippen LogP contribution in [0, 0.1) is 0 Å². The first-order chi connectivity index (χ1) is 11.8. The number of benzene rings is 3. The van der Waals surface area contributed by atoms with E-state index in [-0.39, 0.29) is 0 Å². The average molecular weight is 375 g/mol. The highest BCUT2D eigenvalue weighted by Gasteiger charge is 2.14. The van der Waals surface area contributed by atoms with Crippen molar-refractivity contribution in [2.75, 3.05) is 0 Å². The van der Waals surface area contributed by atoms with E-state index in [0.717, 1.165) is 32.8 Å². The van der Waals surface area contributed by atoms with E-state index in [1.54, 1.807) is 0 Å². The van der Waals surface area contributed by atoms with Gasteiger partial charge in [0.15, 0.2) is 0 Å². The van der Waals surface area contributed by atoms with Gasteiger partial charge >= 0.3 is 0 Å². The van der Waals surface area contributed by atoms with Crippen LogP contribution in [0.3, 0.4) is 0 Å². The highest BCUT2D eigenvalue weighted by molar-refractivity contribution is 9.10. The molecule has 0 unspecified atom stereocenters. The molecule has 4 aromatic rings. The third-order valence-electron chi connectivity index (χ3n) is 3.95. The second kappa shape index (κ2) is 6.46. The van der Waals surface area contributed by atoms with Crippen molar-refractivity contribution in [2.45, 2.75) is 0 Å². The van der Waals surface area contributed by atoms with Gasteiger partial charge in [-0.25, -0.2) is 4.98 Å². The molecule has 0 aliphatic heterocycles. The van der Waals surface area contributed by atoms with Crippen molar-refractivity contribution in [3.63, 3.8) is 0 Å². The summed E-state index contributed by atoms with van der Waals surface area (Å²) in [5.74, 6) is 0.941. The molecule has 3 heteroatoms. The van der Waals surface area contributed by atoms with Gasteiger partial charge in [-0.3, -0.25) is 4.57 Å². The molecule has 3 aromatic carbocycles. The van der Waals surface area contributed by atoms with Gasteiger partial charge in [-0.15, -0.1) is 0 Å². The minimum Gasteiger partial charge on any atom is -0.292 e. The third kappa shape index (κ3) is 2.79. The van der Waals surface area contributed by atoms with Gasteiger partial charge in [-0.05, 0) is 24.3 Å². The topological polar surface area (TPSA) is 17.8 Å². The summed E-state index contributed by atoms with van der Waals surface area (Å²) in [6.45, 7) is 0. The Kier molecular flexibility index (Phi) is 4.01. The van der Waals surface area contributed by atoms with Crippen molar-refractivity contribution in [1.29, 1.82) is 0 Å². The second-order valence-corrected chi connectivity index (χ2v) is 6.43. The van der Waals surface area contributed by atoms with Crippen molar-refractivity contribution in [3.8, 4) is 28.3 Å². The fraction of sp³-hybridized carbons (Fsp3) is 0. The molecule has 0 aliphatic rings. The molecule has 24 heavy (non-hydrogen) atoms. The molecule has 0 amide bonds. The lowest BCUT2D eigenvalue weighted by Gasteiger charge is -2.13. The van der Waals surface area contributed by atoms with Crippen LogP contribution in [-0.4, -0.2) is 9.55 Å². The summed E-state index contributed by atoms with van der Waals surface area (Å²) in [6, 6.07) is 29.0. The Balaban J connectivity index is 1.96. The Morgan fingerprint density at radius 1 is 0.667 bits per heavy atom. The van der Waals surface area contributed by atoms with Crippen molar-refractivity contribution < 1.29 is 0 Å². The van der Waals surface area contributed by atoms with Crippen molar-refractivity contribution >= 4 is 15.9 Å². The summed E-state index contributed by atoms with van der Waals surface area (Å²) < 4.78 is 3.27. The van der Waals surface area contributed by atoms with E-state index in [1.165, 1.54) is 0 Å². The maximum absolute atomic E-state index is 4.71. The Labute approximate surface area is 149 Å². The SMILES string of the molecule is Brc1ccc(-n2c(-c3ccccc3)cnc2-c2ccccc2)cc1. The Morgan fingerprint density at radius 3 is 1.88 bits per heavy atom. The predicted molar refractivity (Wildman–Crippen MR) is 102 cm³/mol. The Bertz CT molecular complexity index is 885. The zero-order valence-electron chi connectivity index (χ0n) is 12.9. The molecule has 0 fully saturated rings. The monoisotopic (exact) mass is 374 g/mol. The first kappa shape index (κ1) is 14.9. The van der Waals surface area contributed by atoms with Crippen LogP contribution in [0.5, 0.6) is 0 Å². The van der Waals surface area contributed by atoms with Crippen molar-refractivity contribution in [2.24, 2.45) is 0 Å². The molecule has 0 aliphatic carbocycles. The van der Waals surface area contributed by atoms with Crippen LogP contribution in [0.2, 0.25) is 0 Å². The molecule has 0 saturated carbocycles. The van der Waals surface area contributed by atoms with E-state index in [0.29, 0.717) is 0 Å². The molecule has 2 nitrogen and oxygen atoms in total. The van der Waals surface area contributed by atoms with E-state index in [9.17, 15) is 0 Å². The van der Waals surface area contributed by atoms with Crippen LogP contribution in [-0.2, 0) is 0 Å². The van der Waals surface area contributed by atoms with Gasteiger partial charge in [-0.1, -0.05) is 76.6 Å². The van der Waals surface area contributed by atoms with Gasteiger partial charge < -0.3 is 0 Å². The fourth-order valence-corrected chi connectivity index (χ4v) is 3.07. The smallest absolute Gasteiger partial charge is 0.144 e. The number of hydrogen-bond donors (Lipinski definition) is 0. The first-order valence-corrected chi connectivity index (χ1v) is 8.57. The summed E-state index contributed by atoms with van der Waals surface area (Å²) in [6.07, 6.45) is 1.94. The molecule has 0 saturated heterocycles. The minimum atomic E-state index is 0.941. The van der Waals surface area contributed by atoms with Crippen LogP contribution in [0.15, 0.2) is 95.6 Å². The molecule has 0 bridgehead atoms. The average Bonchev–Trinajstić information content (AvgIpc) is 3.09. The van der Waals surface area contributed by atoms with Crippen LogP contribution in [0.25, 0.3) is 28.3 Å². The number of halogens is 1. The summed E-state index contributed by atoms with van der Waals surface area (Å²) in [5.41, 5.74) is 4.42. The summed E-state index contributed by atoms with van der Waals surface area (Å²) in [7, 11) is 0. The summed E-state index contributed by atoms with van der Waals surface area (Å²) in [5, 5.41) is 0. The van der Waals surface area contributed by atoms with Gasteiger partial charge in [0.2, 0.25) is 0 Å². The number of aromatic nitrogens is 2. The zero-order valence-corrected chi connectivity index (χ0v) is 14.5. The Hall–Kier alpha value is -2.65. The standard InChI is InChI=1S/C21H15BrN2/c22-18-11-13-19(14-12-18)24-20(16-7-3-1-4-8-16)15-23-21(24)17-9-5-2-6-10-17/h1-15H. The third-order valence-corrected chi connectivity index (χ3v) is 4.48. The van der Waals surface area contributed by atoms with Crippen LogP contribution in [0.1, 0.15) is 0 Å². The first-order valence-electron chi connectivity index (χ1n) is 7.77. The molecule has 1 heterocycles. The fourth-order valence-electron chi connectivity index (χ4n) is 2.81. The van der Waals surface area contributed by atoms with Gasteiger partial charge in [0.25, 0.3) is 0 Å². The maximum atomic E-state index is 4.71. The maximum Gasteiger partial charge on any atom is 0.144 e.